The van der Waals surface area contributed by atoms with Crippen LogP contribution in [-0.4, -0.2) is 9.58 Å². The van der Waals surface area contributed by atoms with Gasteiger partial charge in [0.25, 0.3) is 0 Å². The average Bonchev–Trinajstić information content (AvgIpc) is 3.05. The summed E-state index contributed by atoms with van der Waals surface area (Å²) in [4.78, 5) is 10.2. The lowest BCUT2D eigenvalue weighted by atomic mass is 10.0. The highest BCUT2D eigenvalue weighted by atomic mass is 35.5. The van der Waals surface area contributed by atoms with E-state index in [-0.39, 0.29) is 12.0 Å². The van der Waals surface area contributed by atoms with E-state index >= 15 is 0 Å². The molecule has 0 spiro atoms. The molecule has 0 heterocycles. The van der Waals surface area contributed by atoms with Gasteiger partial charge in [0.1, 0.15) is 4.33 Å². The van der Waals surface area contributed by atoms with Crippen molar-refractivity contribution in [1.82, 2.24) is 0 Å². The fourth-order valence-corrected chi connectivity index (χ4v) is 2.46. The Kier molecular flexibility index (Phi) is 8.11. The molecule has 148 valence electrons. The van der Waals surface area contributed by atoms with Gasteiger partial charge in [0.05, 0.1) is 17.0 Å². The lowest BCUT2D eigenvalue weighted by molar-refractivity contribution is -0.143. The van der Waals surface area contributed by atoms with E-state index < -0.39 is 33.1 Å². The van der Waals surface area contributed by atoms with E-state index in [0.717, 1.165) is 6.07 Å². The highest BCUT2D eigenvalue weighted by Crippen LogP contribution is 2.54. The largest absolute Gasteiger partial charge is 0.416 e. The zero-order valence-corrected chi connectivity index (χ0v) is 15.5. The molecule has 0 aliphatic heterocycles. The number of carbonyl (C=O) groups is 1. The molecule has 0 unspecified atom stereocenters. The van der Waals surface area contributed by atoms with E-state index in [1.54, 1.807) is 0 Å². The molecule has 0 N–H and O–H groups in total. The Morgan fingerprint density at radius 1 is 0.923 bits per heavy atom. The number of alkyl halides is 8. The lowest BCUT2D eigenvalue weighted by Crippen LogP contribution is -2.09. The molecule has 0 saturated heterocycles. The van der Waals surface area contributed by atoms with Gasteiger partial charge in [-0.2, -0.15) is 26.3 Å². The van der Waals surface area contributed by atoms with Crippen molar-refractivity contribution >= 4 is 40.0 Å². The predicted octanol–water partition coefficient (Wildman–Crippen LogP) is 7.23. The van der Waals surface area contributed by atoms with Crippen LogP contribution in [0.1, 0.15) is 43.2 Å². The number of carbonyl (C=O) groups excluding carboxylic acids is 1. The molecule has 2 aliphatic carbocycles. The molecule has 0 amide bonds. The lowest BCUT2D eigenvalue weighted by Gasteiger charge is -2.10. The second kappa shape index (κ2) is 9.02. The van der Waals surface area contributed by atoms with Gasteiger partial charge in [-0.15, -0.1) is 23.2 Å². The first-order valence-electron chi connectivity index (χ1n) is 7.57. The summed E-state index contributed by atoms with van der Waals surface area (Å²) >= 11 is 16.0. The quantitative estimate of drug-likeness (QED) is 0.254. The fourth-order valence-electron chi connectivity index (χ4n) is 1.58. The molecule has 1 atom stereocenters. The molecule has 1 aromatic carbocycles. The van der Waals surface area contributed by atoms with Gasteiger partial charge in [0, 0.05) is 0 Å². The SMILES string of the molecule is C1CCC1.FC(F)(F)c1cccc(C(F)(F)F)c1.O=C(Cl)[C@H]1CC1(Cl)Cl. The van der Waals surface area contributed by atoms with Crippen LogP contribution in [-0.2, 0) is 17.1 Å². The highest BCUT2D eigenvalue weighted by Gasteiger charge is 2.55. The highest BCUT2D eigenvalue weighted by molar-refractivity contribution is 6.67. The van der Waals surface area contributed by atoms with Crippen LogP contribution in [0.5, 0.6) is 0 Å². The van der Waals surface area contributed by atoms with Crippen molar-refractivity contribution < 1.29 is 31.1 Å². The van der Waals surface area contributed by atoms with Gasteiger partial charge in [-0.3, -0.25) is 4.79 Å². The number of hydrogen-bond acceptors (Lipinski definition) is 1. The Morgan fingerprint density at radius 2 is 1.27 bits per heavy atom. The molecule has 2 saturated carbocycles. The van der Waals surface area contributed by atoms with E-state index in [9.17, 15) is 31.1 Å². The third kappa shape index (κ3) is 7.92. The summed E-state index contributed by atoms with van der Waals surface area (Å²) in [6.07, 6.45) is -3.00. The maximum atomic E-state index is 12.0. The van der Waals surface area contributed by atoms with Gasteiger partial charge >= 0.3 is 12.4 Å². The van der Waals surface area contributed by atoms with Crippen molar-refractivity contribution in [1.29, 1.82) is 0 Å². The maximum absolute atomic E-state index is 12.0. The summed E-state index contributed by atoms with van der Waals surface area (Å²) in [6, 6.07) is 2.00. The van der Waals surface area contributed by atoms with E-state index in [2.05, 4.69) is 0 Å². The summed E-state index contributed by atoms with van der Waals surface area (Å²) in [7, 11) is 0. The molecule has 0 bridgehead atoms. The van der Waals surface area contributed by atoms with Crippen LogP contribution in [0.4, 0.5) is 26.3 Å². The maximum Gasteiger partial charge on any atom is 0.416 e. The van der Waals surface area contributed by atoms with Crippen molar-refractivity contribution in [3.05, 3.63) is 35.4 Å². The minimum absolute atomic E-state index is 0.0833. The molecule has 26 heavy (non-hydrogen) atoms. The normalized spacial score (nSPS) is 20.6. The first-order valence-corrected chi connectivity index (χ1v) is 8.70. The van der Waals surface area contributed by atoms with Crippen LogP contribution in [0.15, 0.2) is 24.3 Å². The summed E-state index contributed by atoms with van der Waals surface area (Å²) < 4.78 is 71.1. The summed E-state index contributed by atoms with van der Waals surface area (Å²) in [5, 5.41) is -0.435. The van der Waals surface area contributed by atoms with Crippen LogP contribution >= 0.6 is 34.8 Å². The van der Waals surface area contributed by atoms with Gasteiger partial charge in [-0.1, -0.05) is 31.7 Å². The minimum atomic E-state index is -4.75. The van der Waals surface area contributed by atoms with Crippen LogP contribution in [0, 0.1) is 5.92 Å². The Morgan fingerprint density at radius 3 is 1.42 bits per heavy atom. The minimum Gasteiger partial charge on any atom is -0.281 e. The van der Waals surface area contributed by atoms with E-state index in [0.29, 0.717) is 18.6 Å². The zero-order valence-electron chi connectivity index (χ0n) is 13.2. The van der Waals surface area contributed by atoms with Gasteiger partial charge in [0.2, 0.25) is 5.24 Å². The molecule has 0 aromatic heterocycles. The van der Waals surface area contributed by atoms with E-state index in [1.807, 2.05) is 0 Å². The monoisotopic (exact) mass is 442 g/mol. The molecule has 1 aromatic rings. The number of halogens is 9. The molecule has 1 nitrogen and oxygen atoms in total. The first kappa shape index (κ1) is 23.4. The van der Waals surface area contributed by atoms with E-state index in [1.165, 1.54) is 25.7 Å². The third-order valence-corrected chi connectivity index (χ3v) is 4.72. The topological polar surface area (TPSA) is 17.1 Å². The van der Waals surface area contributed by atoms with Gasteiger partial charge in [-0.05, 0) is 36.2 Å². The fraction of sp³-hybridized carbons (Fsp3) is 0.562. The van der Waals surface area contributed by atoms with Crippen LogP contribution < -0.4 is 0 Å². The second-order valence-corrected chi connectivity index (χ2v) is 7.73. The van der Waals surface area contributed by atoms with E-state index in [4.69, 9.17) is 34.8 Å². The van der Waals surface area contributed by atoms with Gasteiger partial charge in [0.15, 0.2) is 0 Å². The Labute approximate surface area is 161 Å². The standard InChI is InChI=1S/C8H4F6.C4H3Cl3O.C4H8/c9-7(10,11)5-2-1-3-6(4-5)8(12,13)14;5-3(8)2-1-4(2,6)7;1-2-4-3-1/h1-4H;2H,1H2;1-4H2/t;2-;/m.1./s1. The predicted molar refractivity (Wildman–Crippen MR) is 88.3 cm³/mol. The molecule has 3 rings (SSSR count). The summed E-state index contributed by atoms with van der Waals surface area (Å²) in [5.41, 5.74) is -2.60. The van der Waals surface area contributed by atoms with Crippen LogP contribution in [0.3, 0.4) is 0 Å². The van der Waals surface area contributed by atoms with Crippen molar-refractivity contribution in [2.75, 3.05) is 0 Å². The van der Waals surface area contributed by atoms with Crippen molar-refractivity contribution in [3.63, 3.8) is 0 Å². The molecule has 2 aliphatic rings. The Balaban J connectivity index is 0.000000233. The number of hydrogen-bond donors (Lipinski definition) is 0. The summed E-state index contributed by atoms with van der Waals surface area (Å²) in [6.45, 7) is 0. The zero-order chi connectivity index (χ0) is 20.2. The van der Waals surface area contributed by atoms with Crippen molar-refractivity contribution in [3.8, 4) is 0 Å². The first-order chi connectivity index (χ1) is 11.7. The molecule has 2 fully saturated rings. The Hall–Kier alpha value is -0.660. The second-order valence-electron chi connectivity index (χ2n) is 5.81. The molecule has 10 heteroatoms. The molecule has 0 radical (unpaired) electrons. The number of rotatable bonds is 1. The average molecular weight is 444 g/mol. The number of benzene rings is 1. The molecular weight excluding hydrogens is 429 g/mol. The van der Waals surface area contributed by atoms with Crippen molar-refractivity contribution in [2.24, 2.45) is 5.92 Å². The van der Waals surface area contributed by atoms with Gasteiger partial charge < -0.3 is 0 Å². The third-order valence-electron chi connectivity index (χ3n) is 3.62. The van der Waals surface area contributed by atoms with Gasteiger partial charge in [-0.25, -0.2) is 0 Å². The Bertz CT molecular complexity index is 575. The molecular formula is C16H15Cl3F6O. The smallest absolute Gasteiger partial charge is 0.281 e. The van der Waals surface area contributed by atoms with Crippen LogP contribution in [0.2, 0.25) is 0 Å². The van der Waals surface area contributed by atoms with Crippen LogP contribution in [0.25, 0.3) is 0 Å². The van der Waals surface area contributed by atoms with Crippen molar-refractivity contribution in [2.45, 2.75) is 48.8 Å². The summed E-state index contributed by atoms with van der Waals surface area (Å²) in [5.74, 6) is -0.326.